The summed E-state index contributed by atoms with van der Waals surface area (Å²) in [6, 6.07) is 0. The molecule has 0 amide bonds. The fraction of sp³-hybridized carbons (Fsp3) is 0.444. The van der Waals surface area contributed by atoms with Crippen LogP contribution in [-0.2, 0) is 9.53 Å². The summed E-state index contributed by atoms with van der Waals surface area (Å²) in [6.07, 6.45) is 3.85. The summed E-state index contributed by atoms with van der Waals surface area (Å²) in [4.78, 5) is 10.9. The minimum absolute atomic E-state index is 0.161. The number of rotatable bonds is 7. The minimum atomic E-state index is -0.161. The highest BCUT2D eigenvalue weighted by atomic mass is 32.2. The molecule has 0 radical (unpaired) electrons. The van der Waals surface area contributed by atoms with Crippen molar-refractivity contribution in [3.63, 3.8) is 0 Å². The Hall–Kier alpha value is -0.700. The summed E-state index contributed by atoms with van der Waals surface area (Å²) in [5.74, 6) is 1.52. The molecule has 0 aromatic carbocycles. The van der Waals surface area contributed by atoms with Crippen molar-refractivity contribution in [2.24, 2.45) is 0 Å². The molecule has 0 saturated carbocycles. The van der Waals surface area contributed by atoms with E-state index in [0.29, 0.717) is 13.0 Å². The Morgan fingerprint density at radius 1 is 1.42 bits per heavy atom. The van der Waals surface area contributed by atoms with Crippen LogP contribution in [0.25, 0.3) is 0 Å². The van der Waals surface area contributed by atoms with Crippen molar-refractivity contribution in [2.45, 2.75) is 6.42 Å². The van der Waals surface area contributed by atoms with E-state index in [1.54, 1.807) is 17.8 Å². The lowest BCUT2D eigenvalue weighted by atomic mass is 10.5. The first kappa shape index (κ1) is 11.3. The molecule has 0 aromatic rings. The molecule has 0 fully saturated rings. The van der Waals surface area contributed by atoms with Gasteiger partial charge in [0.2, 0.25) is 0 Å². The Morgan fingerprint density at radius 3 is 2.75 bits per heavy atom. The van der Waals surface area contributed by atoms with Crippen LogP contribution in [0, 0.1) is 0 Å². The van der Waals surface area contributed by atoms with Crippen molar-refractivity contribution in [2.75, 3.05) is 18.1 Å². The number of hydrogen-bond donors (Lipinski definition) is 0. The van der Waals surface area contributed by atoms with Gasteiger partial charge in [-0.2, -0.15) is 11.8 Å². The van der Waals surface area contributed by atoms with Gasteiger partial charge in [0.1, 0.15) is 6.61 Å². The first-order valence-electron chi connectivity index (χ1n) is 3.76. The molecule has 0 bridgehead atoms. The molecule has 68 valence electrons. The standard InChI is InChI=1S/C9H14O2S/c1-3-6-11-9(10)5-8-12-7-4-2/h3-4H,1-2,5-8H2. The molecular formula is C9H14O2S. The number of ether oxygens (including phenoxy) is 1. The van der Waals surface area contributed by atoms with Gasteiger partial charge >= 0.3 is 5.97 Å². The zero-order chi connectivity index (χ0) is 9.23. The fourth-order valence-electron chi connectivity index (χ4n) is 0.546. The van der Waals surface area contributed by atoms with Crippen molar-refractivity contribution in [1.29, 1.82) is 0 Å². The highest BCUT2D eigenvalue weighted by Gasteiger charge is 1.99. The van der Waals surface area contributed by atoms with Crippen LogP contribution in [-0.4, -0.2) is 24.1 Å². The van der Waals surface area contributed by atoms with E-state index in [4.69, 9.17) is 4.74 Å². The van der Waals surface area contributed by atoms with Crippen LogP contribution in [0.1, 0.15) is 6.42 Å². The van der Waals surface area contributed by atoms with Crippen molar-refractivity contribution < 1.29 is 9.53 Å². The average Bonchev–Trinajstić information content (AvgIpc) is 2.09. The third-order valence-corrected chi connectivity index (χ3v) is 2.01. The summed E-state index contributed by atoms with van der Waals surface area (Å²) < 4.78 is 4.78. The second kappa shape index (κ2) is 8.40. The highest BCUT2D eigenvalue weighted by Crippen LogP contribution is 2.02. The molecule has 0 rings (SSSR count). The number of esters is 1. The van der Waals surface area contributed by atoms with Crippen LogP contribution in [0.15, 0.2) is 25.3 Å². The van der Waals surface area contributed by atoms with Crippen LogP contribution >= 0.6 is 11.8 Å². The second-order valence-electron chi connectivity index (χ2n) is 2.09. The Morgan fingerprint density at radius 2 is 2.17 bits per heavy atom. The number of carbonyl (C=O) groups excluding carboxylic acids is 1. The van der Waals surface area contributed by atoms with Crippen LogP contribution < -0.4 is 0 Å². The van der Waals surface area contributed by atoms with E-state index in [1.807, 2.05) is 6.08 Å². The lowest BCUT2D eigenvalue weighted by Crippen LogP contribution is -2.05. The largest absolute Gasteiger partial charge is 0.461 e. The van der Waals surface area contributed by atoms with Gasteiger partial charge in [0, 0.05) is 11.5 Å². The number of thioether (sulfide) groups is 1. The molecule has 0 atom stereocenters. The Labute approximate surface area is 77.7 Å². The van der Waals surface area contributed by atoms with Gasteiger partial charge in [-0.15, -0.1) is 6.58 Å². The first-order chi connectivity index (χ1) is 5.81. The monoisotopic (exact) mass is 186 g/mol. The molecule has 0 aliphatic rings. The number of carbonyl (C=O) groups is 1. The van der Waals surface area contributed by atoms with Crippen LogP contribution in [0.5, 0.6) is 0 Å². The summed E-state index contributed by atoms with van der Waals surface area (Å²) >= 11 is 1.67. The van der Waals surface area contributed by atoms with Crippen LogP contribution in [0.2, 0.25) is 0 Å². The summed E-state index contributed by atoms with van der Waals surface area (Å²) in [6.45, 7) is 7.33. The van der Waals surface area contributed by atoms with E-state index < -0.39 is 0 Å². The molecule has 12 heavy (non-hydrogen) atoms. The fourth-order valence-corrected chi connectivity index (χ4v) is 1.19. The van der Waals surface area contributed by atoms with Crippen molar-refractivity contribution in [3.8, 4) is 0 Å². The molecule has 0 unspecified atom stereocenters. The zero-order valence-electron chi connectivity index (χ0n) is 7.12. The van der Waals surface area contributed by atoms with Gasteiger partial charge in [-0.1, -0.05) is 18.7 Å². The number of hydrogen-bond acceptors (Lipinski definition) is 3. The molecule has 0 aliphatic carbocycles. The van der Waals surface area contributed by atoms with E-state index in [-0.39, 0.29) is 5.97 Å². The average molecular weight is 186 g/mol. The Kier molecular flexibility index (Phi) is 7.91. The predicted molar refractivity (Wildman–Crippen MR) is 53.3 cm³/mol. The maximum absolute atomic E-state index is 10.9. The predicted octanol–water partition coefficient (Wildman–Crippen LogP) is 2.02. The summed E-state index contributed by atoms with van der Waals surface area (Å²) in [5, 5.41) is 0. The zero-order valence-corrected chi connectivity index (χ0v) is 7.94. The molecule has 0 heterocycles. The topological polar surface area (TPSA) is 26.3 Å². The lowest BCUT2D eigenvalue weighted by Gasteiger charge is -1.99. The van der Waals surface area contributed by atoms with E-state index in [0.717, 1.165) is 11.5 Å². The van der Waals surface area contributed by atoms with E-state index in [2.05, 4.69) is 13.2 Å². The molecule has 0 N–H and O–H groups in total. The van der Waals surface area contributed by atoms with Gasteiger partial charge < -0.3 is 4.74 Å². The van der Waals surface area contributed by atoms with Crippen LogP contribution in [0.4, 0.5) is 0 Å². The van der Waals surface area contributed by atoms with Gasteiger partial charge in [-0.25, -0.2) is 0 Å². The quantitative estimate of drug-likeness (QED) is 0.346. The molecule has 0 aromatic heterocycles. The third-order valence-electron chi connectivity index (χ3n) is 1.05. The molecular weight excluding hydrogens is 172 g/mol. The third kappa shape index (κ3) is 7.41. The van der Waals surface area contributed by atoms with E-state index in [1.165, 1.54) is 0 Å². The first-order valence-corrected chi connectivity index (χ1v) is 4.92. The van der Waals surface area contributed by atoms with Crippen molar-refractivity contribution in [3.05, 3.63) is 25.3 Å². The molecule has 3 heteroatoms. The minimum Gasteiger partial charge on any atom is -0.461 e. The Bertz CT molecular complexity index is 155. The molecule has 2 nitrogen and oxygen atoms in total. The van der Waals surface area contributed by atoms with Crippen LogP contribution in [0.3, 0.4) is 0 Å². The van der Waals surface area contributed by atoms with E-state index >= 15 is 0 Å². The van der Waals surface area contributed by atoms with Gasteiger partial charge in [-0.05, 0) is 0 Å². The van der Waals surface area contributed by atoms with Gasteiger partial charge in [-0.3, -0.25) is 4.79 Å². The van der Waals surface area contributed by atoms with Gasteiger partial charge in [0.25, 0.3) is 0 Å². The lowest BCUT2D eigenvalue weighted by molar-refractivity contribution is -0.141. The molecule has 0 saturated heterocycles. The van der Waals surface area contributed by atoms with Gasteiger partial charge in [0.05, 0.1) is 6.42 Å². The summed E-state index contributed by atoms with van der Waals surface area (Å²) in [7, 11) is 0. The molecule has 0 spiro atoms. The summed E-state index contributed by atoms with van der Waals surface area (Å²) in [5.41, 5.74) is 0. The maximum Gasteiger partial charge on any atom is 0.306 e. The Balaban J connectivity index is 3.19. The SMILES string of the molecule is C=CCOC(=O)CCSCC=C. The van der Waals surface area contributed by atoms with Crippen molar-refractivity contribution in [1.82, 2.24) is 0 Å². The normalized spacial score (nSPS) is 9.00. The second-order valence-corrected chi connectivity index (χ2v) is 3.24. The van der Waals surface area contributed by atoms with E-state index in [9.17, 15) is 4.79 Å². The molecule has 0 aliphatic heterocycles. The van der Waals surface area contributed by atoms with Crippen molar-refractivity contribution >= 4 is 17.7 Å². The van der Waals surface area contributed by atoms with Gasteiger partial charge in [0.15, 0.2) is 0 Å². The highest BCUT2D eigenvalue weighted by molar-refractivity contribution is 7.99. The smallest absolute Gasteiger partial charge is 0.306 e. The maximum atomic E-state index is 10.9.